The summed E-state index contributed by atoms with van der Waals surface area (Å²) in [6, 6.07) is 37.9. The van der Waals surface area contributed by atoms with Gasteiger partial charge in [0.15, 0.2) is 0 Å². The predicted molar refractivity (Wildman–Crippen MR) is 182 cm³/mol. The lowest BCUT2D eigenvalue weighted by Gasteiger charge is -2.25. The molecule has 6 nitrogen and oxygen atoms in total. The third-order valence-electron chi connectivity index (χ3n) is 9.06. The Morgan fingerprint density at radius 3 is 2.40 bits per heavy atom. The number of carbonyl (C=O) groups excluding carboxylic acids is 1. The van der Waals surface area contributed by atoms with Crippen LogP contribution in [0.5, 0.6) is 5.75 Å². The summed E-state index contributed by atoms with van der Waals surface area (Å²) in [5.74, 6) is 0.896. The Balaban J connectivity index is 1.18. The molecule has 0 radical (unpaired) electrons. The zero-order chi connectivity index (χ0) is 30.3. The number of benzene rings is 5. The molecule has 220 valence electrons. The highest BCUT2D eigenvalue weighted by Gasteiger charge is 2.23. The minimum atomic E-state index is -0.215. The summed E-state index contributed by atoms with van der Waals surface area (Å²) >= 11 is 0. The fourth-order valence-electron chi connectivity index (χ4n) is 6.78. The van der Waals surface area contributed by atoms with Crippen molar-refractivity contribution in [3.05, 3.63) is 121 Å². The molecule has 1 aliphatic carbocycles. The fourth-order valence-corrected chi connectivity index (χ4v) is 6.78. The Morgan fingerprint density at radius 1 is 0.711 bits per heavy atom. The van der Waals surface area contributed by atoms with Gasteiger partial charge in [-0.2, -0.15) is 0 Å². The van der Waals surface area contributed by atoms with Gasteiger partial charge in [0.2, 0.25) is 0 Å². The van der Waals surface area contributed by atoms with Crippen LogP contribution in [0.2, 0.25) is 0 Å². The van der Waals surface area contributed by atoms with Gasteiger partial charge in [-0.15, -0.1) is 0 Å². The van der Waals surface area contributed by atoms with E-state index in [2.05, 4.69) is 52.3 Å². The number of nitrogens with zero attached hydrogens (tertiary/aromatic N) is 3. The molecule has 45 heavy (non-hydrogen) atoms. The van der Waals surface area contributed by atoms with Crippen LogP contribution < -0.4 is 5.32 Å². The molecule has 0 spiro atoms. The third-order valence-corrected chi connectivity index (χ3v) is 9.06. The largest absolute Gasteiger partial charge is 0.507 e. The smallest absolute Gasteiger partial charge is 0.255 e. The molecule has 0 unspecified atom stereocenters. The Kier molecular flexibility index (Phi) is 6.75. The van der Waals surface area contributed by atoms with Gasteiger partial charge in [0.05, 0.1) is 22.2 Å². The monoisotopic (exact) mass is 588 g/mol. The quantitative estimate of drug-likeness (QED) is 0.210. The van der Waals surface area contributed by atoms with Gasteiger partial charge in [-0.1, -0.05) is 79.9 Å². The summed E-state index contributed by atoms with van der Waals surface area (Å²) in [4.78, 5) is 23.6. The second-order valence-electron chi connectivity index (χ2n) is 11.9. The van der Waals surface area contributed by atoms with Gasteiger partial charge in [-0.3, -0.25) is 4.79 Å². The molecule has 0 saturated heterocycles. The first-order chi connectivity index (χ1) is 22.1. The molecule has 2 N–H and O–H groups in total. The zero-order valence-corrected chi connectivity index (χ0v) is 24.8. The van der Waals surface area contributed by atoms with Crippen molar-refractivity contribution in [1.82, 2.24) is 14.5 Å². The summed E-state index contributed by atoms with van der Waals surface area (Å²) in [5, 5.41) is 15.9. The van der Waals surface area contributed by atoms with Crippen LogP contribution in [0, 0.1) is 0 Å². The summed E-state index contributed by atoms with van der Waals surface area (Å²) < 4.78 is 2.40. The fraction of sp³-hybridized carbons (Fsp3) is 0.154. The molecule has 8 rings (SSSR count). The van der Waals surface area contributed by atoms with E-state index in [1.165, 1.54) is 19.3 Å². The minimum Gasteiger partial charge on any atom is -0.507 e. The van der Waals surface area contributed by atoms with Crippen molar-refractivity contribution in [2.75, 3.05) is 5.32 Å². The molecule has 7 aromatic rings. The van der Waals surface area contributed by atoms with Gasteiger partial charge in [0.1, 0.15) is 11.6 Å². The van der Waals surface area contributed by atoms with E-state index in [0.717, 1.165) is 62.8 Å². The predicted octanol–water partition coefficient (Wildman–Crippen LogP) is 9.53. The number of amides is 1. The number of phenols is 1. The third kappa shape index (κ3) is 4.98. The number of anilines is 1. The number of carbonyl (C=O) groups is 1. The van der Waals surface area contributed by atoms with Crippen LogP contribution in [-0.2, 0) is 0 Å². The van der Waals surface area contributed by atoms with Crippen molar-refractivity contribution in [2.45, 2.75) is 38.1 Å². The normalized spacial score (nSPS) is 13.9. The first kappa shape index (κ1) is 27.1. The summed E-state index contributed by atoms with van der Waals surface area (Å²) in [7, 11) is 0. The van der Waals surface area contributed by atoms with E-state index < -0.39 is 0 Å². The number of rotatable bonds is 5. The number of hydrogen-bond acceptors (Lipinski definition) is 4. The van der Waals surface area contributed by atoms with E-state index in [-0.39, 0.29) is 11.7 Å². The molecule has 1 saturated carbocycles. The Hall–Kier alpha value is -5.49. The van der Waals surface area contributed by atoms with Gasteiger partial charge in [-0.05, 0) is 67.4 Å². The van der Waals surface area contributed by atoms with Gasteiger partial charge >= 0.3 is 0 Å². The number of aromatic hydroxyl groups is 1. The lowest BCUT2D eigenvalue weighted by molar-refractivity contribution is 0.102. The molecule has 0 bridgehead atoms. The first-order valence-corrected chi connectivity index (χ1v) is 15.6. The van der Waals surface area contributed by atoms with Crippen LogP contribution in [0.3, 0.4) is 0 Å². The molecule has 2 aromatic heterocycles. The summed E-state index contributed by atoms with van der Waals surface area (Å²) in [5.41, 5.74) is 7.08. The number of imidazole rings is 1. The molecular formula is C39H32N4O2. The molecular weight excluding hydrogens is 556 g/mol. The van der Waals surface area contributed by atoms with Crippen LogP contribution in [0.25, 0.3) is 55.4 Å². The highest BCUT2D eigenvalue weighted by atomic mass is 16.3. The van der Waals surface area contributed by atoms with Crippen molar-refractivity contribution in [1.29, 1.82) is 0 Å². The molecule has 2 heterocycles. The van der Waals surface area contributed by atoms with Crippen LogP contribution in [0.15, 0.2) is 115 Å². The lowest BCUT2D eigenvalue weighted by atomic mass is 9.94. The standard InChI is InChI=1S/C39H32N4O2/c44-37-16-8-13-30-31(37)14-7-15-34(30)42-39(45)28-19-22-36-35(24-28)41-38(43(36)29-11-5-2-6-12-29)27-18-21-33-26(23-27)17-20-32(40-33)25-9-3-1-4-10-25/h1,3-4,7-10,13-24,29,44H,2,5-6,11-12H2,(H,42,45). The summed E-state index contributed by atoms with van der Waals surface area (Å²) in [6.07, 6.45) is 5.90. The maximum atomic E-state index is 13.5. The Morgan fingerprint density at radius 2 is 1.53 bits per heavy atom. The van der Waals surface area contributed by atoms with Crippen molar-refractivity contribution in [3.63, 3.8) is 0 Å². The molecule has 1 fully saturated rings. The van der Waals surface area contributed by atoms with Crippen LogP contribution in [0.1, 0.15) is 48.5 Å². The van der Waals surface area contributed by atoms with Crippen LogP contribution >= 0.6 is 0 Å². The number of pyridine rings is 1. The van der Waals surface area contributed by atoms with Crippen molar-refractivity contribution < 1.29 is 9.90 Å². The van der Waals surface area contributed by atoms with Crippen LogP contribution in [-0.4, -0.2) is 25.5 Å². The zero-order valence-electron chi connectivity index (χ0n) is 24.8. The van der Waals surface area contributed by atoms with Crippen molar-refractivity contribution >= 4 is 44.3 Å². The van der Waals surface area contributed by atoms with E-state index in [0.29, 0.717) is 22.7 Å². The number of aromatic nitrogens is 3. The van der Waals surface area contributed by atoms with E-state index in [4.69, 9.17) is 9.97 Å². The van der Waals surface area contributed by atoms with E-state index in [1.54, 1.807) is 12.1 Å². The molecule has 1 amide bonds. The van der Waals surface area contributed by atoms with Crippen molar-refractivity contribution in [2.24, 2.45) is 0 Å². The van der Waals surface area contributed by atoms with E-state index in [1.807, 2.05) is 60.7 Å². The van der Waals surface area contributed by atoms with Gasteiger partial charge in [-0.25, -0.2) is 9.97 Å². The first-order valence-electron chi connectivity index (χ1n) is 15.6. The van der Waals surface area contributed by atoms with Gasteiger partial charge in [0.25, 0.3) is 5.91 Å². The second kappa shape index (κ2) is 11.2. The number of nitrogens with one attached hydrogen (secondary N) is 1. The maximum absolute atomic E-state index is 13.5. The number of fused-ring (bicyclic) bond motifs is 3. The average Bonchev–Trinajstić information content (AvgIpc) is 3.48. The van der Waals surface area contributed by atoms with E-state index in [9.17, 15) is 9.90 Å². The van der Waals surface area contributed by atoms with E-state index >= 15 is 0 Å². The molecule has 5 aromatic carbocycles. The van der Waals surface area contributed by atoms with Crippen molar-refractivity contribution in [3.8, 4) is 28.4 Å². The SMILES string of the molecule is O=C(Nc1cccc2c(O)cccc12)c1ccc2c(c1)nc(-c1ccc3nc(-c4ccccc4)ccc3c1)n2C1CCCCC1. The minimum absolute atomic E-state index is 0.187. The highest BCUT2D eigenvalue weighted by molar-refractivity contribution is 6.11. The summed E-state index contributed by atoms with van der Waals surface area (Å²) in [6.45, 7) is 0. The molecule has 6 heteroatoms. The lowest BCUT2D eigenvalue weighted by Crippen LogP contribution is -2.14. The maximum Gasteiger partial charge on any atom is 0.255 e. The number of phenolic OH excluding ortho intramolecular Hbond substituents is 1. The number of hydrogen-bond donors (Lipinski definition) is 2. The van der Waals surface area contributed by atoms with Gasteiger partial charge < -0.3 is 15.0 Å². The average molecular weight is 589 g/mol. The second-order valence-corrected chi connectivity index (χ2v) is 11.9. The Labute approximate surface area is 261 Å². The van der Waals surface area contributed by atoms with Crippen LogP contribution in [0.4, 0.5) is 5.69 Å². The van der Waals surface area contributed by atoms with Gasteiger partial charge in [0, 0.05) is 44.6 Å². The topological polar surface area (TPSA) is 80.0 Å². The highest BCUT2D eigenvalue weighted by Crippen LogP contribution is 2.37. The molecule has 0 atom stereocenters. The Bertz CT molecular complexity index is 2210. The molecule has 1 aliphatic rings. The molecule has 0 aliphatic heterocycles.